The zero-order valence-corrected chi connectivity index (χ0v) is 41.1. The number of fused-ring (bicyclic) bond motifs is 4. The number of aryl methyl sites for hydroxylation is 1. The van der Waals surface area contributed by atoms with Crippen LogP contribution in [0, 0.1) is 5.82 Å². The highest BCUT2D eigenvalue weighted by Crippen LogP contribution is 2.44. The van der Waals surface area contributed by atoms with E-state index in [4.69, 9.17) is 9.47 Å². The first-order valence-electron chi connectivity index (χ1n) is 24.5. The highest BCUT2D eigenvalue weighted by Gasteiger charge is 2.32. The molecule has 0 atom stereocenters. The van der Waals surface area contributed by atoms with E-state index < -0.39 is 17.8 Å². The van der Waals surface area contributed by atoms with E-state index in [9.17, 15) is 24.0 Å². The molecule has 0 unspecified atom stereocenters. The summed E-state index contributed by atoms with van der Waals surface area (Å²) in [5, 5.41) is 10.8. The molecule has 4 amide bonds. The van der Waals surface area contributed by atoms with Crippen LogP contribution in [0.15, 0.2) is 132 Å². The van der Waals surface area contributed by atoms with Gasteiger partial charge in [-0.1, -0.05) is 104 Å². The van der Waals surface area contributed by atoms with Crippen molar-refractivity contribution < 1.29 is 33.0 Å². The third kappa shape index (κ3) is 11.1. The average molecular weight is 985 g/mol. The number of H-pyrrole nitrogens is 1. The lowest BCUT2D eigenvalue weighted by molar-refractivity contribution is -0.133. The van der Waals surface area contributed by atoms with Gasteiger partial charge in [0.25, 0.3) is 17.4 Å². The number of hydrogen-bond acceptors (Lipinski definition) is 10. The zero-order chi connectivity index (χ0) is 51.0. The van der Waals surface area contributed by atoms with Crippen molar-refractivity contribution in [2.24, 2.45) is 0 Å². The Balaban J connectivity index is 0.818. The molecule has 1 fully saturated rings. The minimum absolute atomic E-state index is 0.0157. The number of amides is 4. The van der Waals surface area contributed by atoms with Crippen LogP contribution < -0.4 is 15.8 Å². The summed E-state index contributed by atoms with van der Waals surface area (Å²) in [7, 11) is 3.72. The molecule has 15 nitrogen and oxygen atoms in total. The van der Waals surface area contributed by atoms with Gasteiger partial charge in [0.1, 0.15) is 19.0 Å². The van der Waals surface area contributed by atoms with Crippen molar-refractivity contribution >= 4 is 40.3 Å². The van der Waals surface area contributed by atoms with Gasteiger partial charge in [0.2, 0.25) is 5.91 Å². The number of hydrogen-bond donors (Lipinski definition) is 2. The number of carbonyl (C=O) groups excluding carboxylic acids is 4. The molecule has 0 saturated carbocycles. The maximum absolute atomic E-state index is 15.3. The fraction of sp³-hybridized carbons (Fsp3) is 0.281. The van der Waals surface area contributed by atoms with E-state index in [0.29, 0.717) is 27.7 Å². The number of ether oxygens (including phenoxy) is 2. The second-order valence-corrected chi connectivity index (χ2v) is 18.3. The molecule has 374 valence electrons. The molecule has 5 aromatic carbocycles. The third-order valence-electron chi connectivity index (χ3n) is 13.5. The summed E-state index contributed by atoms with van der Waals surface area (Å²) in [5.74, 6) is -2.10. The molecule has 1 aliphatic carbocycles. The van der Waals surface area contributed by atoms with Gasteiger partial charge in [-0.2, -0.15) is 5.10 Å². The Morgan fingerprint density at radius 2 is 1.48 bits per heavy atom. The van der Waals surface area contributed by atoms with Crippen LogP contribution in [0.1, 0.15) is 61.6 Å². The standard InChI is InChI=1S/C57H57FN8O7/c1-4-37-12-11-13-39(30-37)40-33-51(63(2)3)53(60-34-40)55(69)59-22-28-72-29-27-66(57(71)73-36-48-43-16-7-5-14-41(43)42-15-6-8-17-44(42)48)35-52(67)64-23-25-65(26-24-64)56(70)47-31-38(20-21-49(47)58)32-50-45-18-9-10-19-46(45)54(68)62-61-50/h5-21,30-31,33-34,48H,4,22-29,32,35-36H2,1-3H3,(H,59,69)(H,62,68). The van der Waals surface area contributed by atoms with E-state index in [0.717, 1.165) is 39.8 Å². The number of anilines is 1. The molecule has 2 N–H and O–H groups in total. The normalized spacial score (nSPS) is 13.1. The van der Waals surface area contributed by atoms with Crippen LogP contribution in [0.3, 0.4) is 0 Å². The van der Waals surface area contributed by atoms with Crippen LogP contribution in [0.2, 0.25) is 0 Å². The Morgan fingerprint density at radius 1 is 0.781 bits per heavy atom. The van der Waals surface area contributed by atoms with Gasteiger partial charge < -0.3 is 29.5 Å². The van der Waals surface area contributed by atoms with Crippen molar-refractivity contribution in [1.82, 2.24) is 35.2 Å². The number of carbonyl (C=O) groups is 4. The van der Waals surface area contributed by atoms with Gasteiger partial charge in [-0.15, -0.1) is 0 Å². The first-order valence-corrected chi connectivity index (χ1v) is 24.5. The second-order valence-electron chi connectivity index (χ2n) is 18.3. The molecule has 1 aliphatic heterocycles. The highest BCUT2D eigenvalue weighted by atomic mass is 19.1. The summed E-state index contributed by atoms with van der Waals surface area (Å²) < 4.78 is 27.2. The summed E-state index contributed by atoms with van der Waals surface area (Å²) in [5.41, 5.74) is 9.13. The maximum Gasteiger partial charge on any atom is 0.410 e. The number of aromatic nitrogens is 3. The lowest BCUT2D eigenvalue weighted by Crippen LogP contribution is -2.53. The third-order valence-corrected chi connectivity index (χ3v) is 13.5. The Bertz CT molecular complexity index is 3200. The largest absolute Gasteiger partial charge is 0.448 e. The first-order chi connectivity index (χ1) is 35.5. The van der Waals surface area contributed by atoms with Gasteiger partial charge in [-0.25, -0.2) is 19.3 Å². The minimum Gasteiger partial charge on any atom is -0.448 e. The number of nitrogens with zero attached hydrogens (tertiary/aromatic N) is 6. The number of piperazine rings is 1. The van der Waals surface area contributed by atoms with Crippen molar-refractivity contribution in [1.29, 1.82) is 0 Å². The van der Waals surface area contributed by atoms with Crippen LogP contribution in [0.25, 0.3) is 33.0 Å². The molecule has 0 bridgehead atoms. The number of benzene rings is 5. The molecule has 16 heteroatoms. The number of aromatic amines is 1. The molecule has 73 heavy (non-hydrogen) atoms. The Kier molecular flexibility index (Phi) is 15.3. The van der Waals surface area contributed by atoms with E-state index in [-0.39, 0.29) is 107 Å². The number of pyridine rings is 1. The number of halogens is 1. The topological polar surface area (TPSA) is 170 Å². The van der Waals surface area contributed by atoms with Gasteiger partial charge in [0, 0.05) is 82.8 Å². The van der Waals surface area contributed by atoms with E-state index in [1.165, 1.54) is 27.5 Å². The Labute approximate surface area is 422 Å². The first kappa shape index (κ1) is 49.7. The summed E-state index contributed by atoms with van der Waals surface area (Å²) >= 11 is 0. The maximum atomic E-state index is 15.3. The van der Waals surface area contributed by atoms with Gasteiger partial charge in [0.15, 0.2) is 5.69 Å². The molecule has 3 heterocycles. The molecule has 0 spiro atoms. The molecule has 7 aromatic rings. The lowest BCUT2D eigenvalue weighted by Gasteiger charge is -2.36. The minimum atomic E-state index is -0.687. The summed E-state index contributed by atoms with van der Waals surface area (Å²) in [6.45, 7) is 2.79. The van der Waals surface area contributed by atoms with Crippen LogP contribution >= 0.6 is 0 Å². The Morgan fingerprint density at radius 3 is 2.21 bits per heavy atom. The van der Waals surface area contributed by atoms with Crippen LogP contribution in [0.5, 0.6) is 0 Å². The molecular weight excluding hydrogens is 928 g/mol. The predicted octanol–water partition coefficient (Wildman–Crippen LogP) is 7.33. The summed E-state index contributed by atoms with van der Waals surface area (Å²) in [6.07, 6.45) is 2.17. The fourth-order valence-electron chi connectivity index (χ4n) is 9.55. The molecule has 1 saturated heterocycles. The predicted molar refractivity (Wildman–Crippen MR) is 277 cm³/mol. The smallest absolute Gasteiger partial charge is 0.410 e. The monoisotopic (exact) mass is 984 g/mol. The van der Waals surface area contributed by atoms with E-state index >= 15 is 4.39 Å². The van der Waals surface area contributed by atoms with Crippen molar-refractivity contribution in [2.45, 2.75) is 25.7 Å². The van der Waals surface area contributed by atoms with Crippen LogP contribution in [-0.4, -0.2) is 133 Å². The van der Waals surface area contributed by atoms with Crippen LogP contribution in [-0.2, 0) is 27.1 Å². The van der Waals surface area contributed by atoms with Crippen LogP contribution in [0.4, 0.5) is 14.9 Å². The van der Waals surface area contributed by atoms with Crippen molar-refractivity contribution in [3.63, 3.8) is 0 Å². The van der Waals surface area contributed by atoms with Crippen molar-refractivity contribution in [3.8, 4) is 22.3 Å². The van der Waals surface area contributed by atoms with E-state index in [2.05, 4.69) is 51.7 Å². The van der Waals surface area contributed by atoms with Gasteiger partial charge in [-0.3, -0.25) is 24.1 Å². The van der Waals surface area contributed by atoms with Crippen molar-refractivity contribution in [3.05, 3.63) is 183 Å². The van der Waals surface area contributed by atoms with E-state index in [1.54, 1.807) is 35.4 Å². The second kappa shape index (κ2) is 22.5. The Hall–Kier alpha value is -8.24. The van der Waals surface area contributed by atoms with Gasteiger partial charge in [0.05, 0.1) is 35.5 Å². The average Bonchev–Trinajstić information content (AvgIpc) is 3.74. The molecule has 2 aromatic heterocycles. The number of rotatable bonds is 17. The summed E-state index contributed by atoms with van der Waals surface area (Å²) in [6, 6.07) is 37.7. The molecule has 0 radical (unpaired) electrons. The molecule has 9 rings (SSSR count). The summed E-state index contributed by atoms with van der Waals surface area (Å²) in [4.78, 5) is 78.3. The molecular formula is C57H57FN8O7. The highest BCUT2D eigenvalue weighted by molar-refractivity contribution is 5.98. The van der Waals surface area contributed by atoms with E-state index in [1.807, 2.05) is 79.7 Å². The quantitative estimate of drug-likeness (QED) is 0.0882. The number of nitrogens with one attached hydrogen (secondary N) is 2. The van der Waals surface area contributed by atoms with Gasteiger partial charge >= 0.3 is 6.09 Å². The van der Waals surface area contributed by atoms with Gasteiger partial charge in [-0.05, 0) is 69.6 Å². The fourth-order valence-corrected chi connectivity index (χ4v) is 9.55. The SMILES string of the molecule is CCc1cccc(-c2cnc(C(=O)NCCOCCN(CC(=O)N3CCN(C(=O)c4cc(Cc5n[nH]c(=O)c6ccccc56)ccc4F)CC3)C(=O)OCC3c4ccccc4-c4ccccc43)c(N(C)C)c2)c1. The van der Waals surface area contributed by atoms with Crippen molar-refractivity contribution in [2.75, 3.05) is 84.6 Å². The lowest BCUT2D eigenvalue weighted by atomic mass is 9.98. The molecule has 2 aliphatic rings. The zero-order valence-electron chi connectivity index (χ0n) is 41.1.